The normalized spacial score (nSPS) is 23.2. The van der Waals surface area contributed by atoms with Crippen LogP contribution in [0, 0.1) is 5.92 Å². The number of carbonyl (C=O) groups is 5. The first kappa shape index (κ1) is 41.6. The number of methoxy groups -OCH3 is 1. The van der Waals surface area contributed by atoms with Gasteiger partial charge in [-0.2, -0.15) is 0 Å². The Morgan fingerprint density at radius 1 is 1.13 bits per heavy atom. The molecular formula is C35H51N9O9S. The van der Waals surface area contributed by atoms with Gasteiger partial charge in [-0.1, -0.05) is 12.7 Å². The Kier molecular flexibility index (Phi) is 13.0. The van der Waals surface area contributed by atoms with Crippen LogP contribution in [-0.2, 0) is 33.9 Å². The van der Waals surface area contributed by atoms with Crippen LogP contribution in [0.15, 0.2) is 54.7 Å². The minimum absolute atomic E-state index is 0.0316. The minimum atomic E-state index is -3.96. The molecule has 1 aromatic carbocycles. The number of sulfonamides is 1. The van der Waals surface area contributed by atoms with Crippen LogP contribution in [-0.4, -0.2) is 109 Å². The maximum Gasteiger partial charge on any atom is 0.408 e. The van der Waals surface area contributed by atoms with E-state index in [1.165, 1.54) is 18.1 Å². The second-order valence-electron chi connectivity index (χ2n) is 14.5. The van der Waals surface area contributed by atoms with Crippen LogP contribution in [0.5, 0.6) is 5.75 Å². The molecule has 5 atom stereocenters. The van der Waals surface area contributed by atoms with Crippen LogP contribution in [0.25, 0.3) is 0 Å². The van der Waals surface area contributed by atoms with E-state index in [-0.39, 0.29) is 38.2 Å². The summed E-state index contributed by atoms with van der Waals surface area (Å²) in [5.41, 5.74) is 4.21. The highest BCUT2D eigenvalue weighted by atomic mass is 32.2. The van der Waals surface area contributed by atoms with Crippen LogP contribution in [0.2, 0.25) is 0 Å². The summed E-state index contributed by atoms with van der Waals surface area (Å²) < 4.78 is 38.2. The van der Waals surface area contributed by atoms with E-state index in [9.17, 15) is 32.4 Å². The van der Waals surface area contributed by atoms with Crippen LogP contribution in [0.3, 0.4) is 0 Å². The molecule has 0 aromatic heterocycles. The molecule has 0 bridgehead atoms. The molecule has 3 aliphatic rings. The molecule has 0 unspecified atom stereocenters. The van der Waals surface area contributed by atoms with Crippen LogP contribution < -0.4 is 37.0 Å². The fraction of sp³-hybridized carbons (Fsp3) is 0.543. The zero-order valence-electron chi connectivity index (χ0n) is 31.0. The lowest BCUT2D eigenvalue weighted by Crippen LogP contribution is -2.70. The number of hydrazone groups is 1. The maximum absolute atomic E-state index is 14.4. The number of hydrazine groups is 1. The van der Waals surface area contributed by atoms with E-state index < -0.39 is 80.2 Å². The van der Waals surface area contributed by atoms with E-state index in [0.717, 1.165) is 11.2 Å². The third kappa shape index (κ3) is 10.1. The van der Waals surface area contributed by atoms with Gasteiger partial charge in [0.25, 0.3) is 5.91 Å². The van der Waals surface area contributed by atoms with Gasteiger partial charge in [0.1, 0.15) is 29.0 Å². The van der Waals surface area contributed by atoms with Gasteiger partial charge in [0.05, 0.1) is 18.4 Å². The van der Waals surface area contributed by atoms with Gasteiger partial charge in [-0.25, -0.2) is 24.2 Å². The number of rotatable bonds is 16. The maximum atomic E-state index is 14.4. The molecule has 8 N–H and O–H groups in total. The Morgan fingerprint density at radius 2 is 1.80 bits per heavy atom. The van der Waals surface area contributed by atoms with Gasteiger partial charge in [0.15, 0.2) is 5.84 Å². The van der Waals surface area contributed by atoms with Crippen molar-refractivity contribution in [1.82, 2.24) is 30.7 Å². The number of nitrogens with zero attached hydrogens (tertiary/aromatic N) is 3. The summed E-state index contributed by atoms with van der Waals surface area (Å²) in [5.74, 6) is 3.52. The molecule has 1 heterocycles. The van der Waals surface area contributed by atoms with Crippen LogP contribution >= 0.6 is 0 Å². The smallest absolute Gasteiger partial charge is 0.408 e. The van der Waals surface area contributed by atoms with Crippen molar-refractivity contribution < 1.29 is 41.9 Å². The lowest BCUT2D eigenvalue weighted by Gasteiger charge is -2.47. The van der Waals surface area contributed by atoms with Crippen molar-refractivity contribution in [2.75, 3.05) is 20.2 Å². The Balaban J connectivity index is 1.66. The van der Waals surface area contributed by atoms with E-state index in [0.29, 0.717) is 30.6 Å². The number of nitrogens with two attached hydrogens (primary N) is 2. The van der Waals surface area contributed by atoms with Gasteiger partial charge in [-0.3, -0.25) is 23.9 Å². The Bertz CT molecular complexity index is 1760. The first-order valence-corrected chi connectivity index (χ1v) is 19.1. The SMILES string of the molecule is C=CC(=O)NCC[C@H](NC(=O)OC(C)(C)C)C(=O)N1C[C@H](N(N)/N=C(\N)c2ccc(OC)cc2)C[C@H]1C(=O)N[C@]1(C(=O)NS(=O)(=O)C2CC2)CC[C@H]1C=C. The molecule has 18 nitrogen and oxygen atoms in total. The van der Waals surface area contributed by atoms with Gasteiger partial charge in [-0.15, -0.1) is 11.7 Å². The Morgan fingerprint density at radius 3 is 2.33 bits per heavy atom. The van der Waals surface area contributed by atoms with E-state index >= 15 is 0 Å². The highest BCUT2D eigenvalue weighted by Crippen LogP contribution is 2.41. The second kappa shape index (κ2) is 16.9. The summed E-state index contributed by atoms with van der Waals surface area (Å²) >= 11 is 0. The topological polar surface area (TPSA) is 257 Å². The number of hydrogen-bond donors (Lipinski definition) is 6. The molecule has 4 rings (SSSR count). The van der Waals surface area contributed by atoms with E-state index in [1.54, 1.807) is 45.0 Å². The van der Waals surface area contributed by atoms with Crippen molar-refractivity contribution in [3.63, 3.8) is 0 Å². The monoisotopic (exact) mass is 773 g/mol. The first-order valence-electron chi connectivity index (χ1n) is 17.6. The van der Waals surface area contributed by atoms with E-state index in [2.05, 4.69) is 38.9 Å². The number of nitrogens with one attached hydrogen (secondary N) is 4. The fourth-order valence-corrected chi connectivity index (χ4v) is 7.60. The van der Waals surface area contributed by atoms with Crippen molar-refractivity contribution in [3.05, 3.63) is 55.1 Å². The molecular weight excluding hydrogens is 723 g/mol. The molecule has 3 fully saturated rings. The number of hydrogen-bond acceptors (Lipinski definition) is 12. The van der Waals surface area contributed by atoms with Crippen molar-refractivity contribution in [3.8, 4) is 5.75 Å². The average molecular weight is 774 g/mol. The highest BCUT2D eigenvalue weighted by molar-refractivity contribution is 7.91. The predicted octanol–water partition coefficient (Wildman–Crippen LogP) is 0.106. The van der Waals surface area contributed by atoms with Crippen LogP contribution in [0.4, 0.5) is 4.79 Å². The lowest BCUT2D eigenvalue weighted by atomic mass is 9.66. The zero-order chi connectivity index (χ0) is 40.0. The molecule has 2 saturated carbocycles. The molecule has 19 heteroatoms. The average Bonchev–Trinajstić information content (AvgIpc) is 3.87. The van der Waals surface area contributed by atoms with Crippen LogP contribution in [0.1, 0.15) is 64.9 Å². The third-order valence-corrected chi connectivity index (χ3v) is 11.3. The Hall–Kier alpha value is -5.17. The van der Waals surface area contributed by atoms with Crippen molar-refractivity contribution >= 4 is 45.6 Å². The highest BCUT2D eigenvalue weighted by Gasteiger charge is 2.56. The first-order chi connectivity index (χ1) is 25.3. The molecule has 54 heavy (non-hydrogen) atoms. The Labute approximate surface area is 315 Å². The number of alkyl carbamates (subject to hydrolysis) is 1. The van der Waals surface area contributed by atoms with Gasteiger partial charge < -0.3 is 36.1 Å². The molecule has 1 saturated heterocycles. The second-order valence-corrected chi connectivity index (χ2v) is 16.5. The molecule has 0 radical (unpaired) electrons. The number of benzene rings is 1. The standard InChI is InChI=1S/C35H51N9O9S/c1-7-22-15-17-35(22,32(48)42-54(50,51)25-13-14-25)40-30(46)27-19-23(44(37)41-29(36)21-9-11-24(52-6)12-10-21)20-43(27)31(47)26(16-18-38-28(45)8-2)39-33(49)53-34(3,4)5/h7-12,22-23,25-27H,1-2,13-20,37H2,3-6H3,(H2,36,41)(H,38,45)(H,39,49)(H,40,46)(H,42,48)/t22-,23-,26+,27+,35-/m1/s1. The minimum Gasteiger partial charge on any atom is -0.497 e. The molecule has 1 aromatic rings. The summed E-state index contributed by atoms with van der Waals surface area (Å²) in [6, 6.07) is 3.32. The number of carbonyl (C=O) groups excluding carboxylic acids is 5. The quantitative estimate of drug-likeness (QED) is 0.0327. The molecule has 1 aliphatic heterocycles. The van der Waals surface area contributed by atoms with E-state index in [1.807, 2.05) is 0 Å². The third-order valence-electron chi connectivity index (χ3n) is 9.47. The summed E-state index contributed by atoms with van der Waals surface area (Å²) in [6.07, 6.45) is 2.81. The van der Waals surface area contributed by atoms with Gasteiger partial charge in [0.2, 0.25) is 27.7 Å². The summed E-state index contributed by atoms with van der Waals surface area (Å²) in [5, 5.41) is 12.5. The summed E-state index contributed by atoms with van der Waals surface area (Å²) in [6.45, 7) is 11.9. The van der Waals surface area contributed by atoms with E-state index in [4.69, 9.17) is 21.1 Å². The molecule has 2 aliphatic carbocycles. The zero-order valence-corrected chi connectivity index (χ0v) is 31.8. The number of ether oxygens (including phenoxy) is 2. The largest absolute Gasteiger partial charge is 0.497 e. The number of likely N-dealkylation sites (tertiary alicyclic amines) is 1. The van der Waals surface area contributed by atoms with Gasteiger partial charge in [0, 0.05) is 31.0 Å². The van der Waals surface area contributed by atoms with Crippen molar-refractivity contribution in [2.45, 2.75) is 93.8 Å². The van der Waals surface area contributed by atoms with Crippen molar-refractivity contribution in [1.29, 1.82) is 0 Å². The molecule has 296 valence electrons. The van der Waals surface area contributed by atoms with Crippen molar-refractivity contribution in [2.24, 2.45) is 22.6 Å². The fourth-order valence-electron chi connectivity index (χ4n) is 6.24. The lowest BCUT2D eigenvalue weighted by molar-refractivity contribution is -0.144. The predicted molar refractivity (Wildman–Crippen MR) is 199 cm³/mol. The molecule has 5 amide bonds. The molecule has 0 spiro atoms. The summed E-state index contributed by atoms with van der Waals surface area (Å²) in [7, 11) is -2.44. The van der Waals surface area contributed by atoms with Gasteiger partial charge in [-0.05, 0) is 83.2 Å². The number of amidine groups is 1. The van der Waals surface area contributed by atoms with Gasteiger partial charge >= 0.3 is 6.09 Å². The summed E-state index contributed by atoms with van der Waals surface area (Å²) in [4.78, 5) is 68.3. The number of amides is 5.